The van der Waals surface area contributed by atoms with Crippen molar-refractivity contribution in [2.75, 3.05) is 11.9 Å². The molecule has 84 valence electrons. The molecule has 0 aliphatic carbocycles. The molecule has 5 heteroatoms. The molecule has 0 aliphatic rings. The summed E-state index contributed by atoms with van der Waals surface area (Å²) < 4.78 is 0. The lowest BCUT2D eigenvalue weighted by Crippen LogP contribution is -2.09. The first-order valence-electron chi connectivity index (χ1n) is 5.28. The average Bonchev–Trinajstić information content (AvgIpc) is 2.69. The van der Waals surface area contributed by atoms with Crippen molar-refractivity contribution >= 4 is 5.95 Å². The van der Waals surface area contributed by atoms with Crippen LogP contribution in [0.25, 0.3) is 0 Å². The largest absolute Gasteiger partial charge is 0.354 e. The third-order valence-electron chi connectivity index (χ3n) is 2.18. The normalized spacial score (nSPS) is 10.4. The van der Waals surface area contributed by atoms with Gasteiger partial charge in [-0.05, 0) is 19.9 Å². The van der Waals surface area contributed by atoms with E-state index in [-0.39, 0.29) is 0 Å². The minimum atomic E-state index is 0.684. The highest BCUT2D eigenvalue weighted by Gasteiger charge is 1.99. The molecule has 0 atom stereocenters. The van der Waals surface area contributed by atoms with Crippen LogP contribution in [0.3, 0.4) is 0 Å². The molecule has 2 aromatic rings. The van der Waals surface area contributed by atoms with Crippen molar-refractivity contribution in [2.24, 2.45) is 0 Å². The zero-order valence-corrected chi connectivity index (χ0v) is 9.49. The summed E-state index contributed by atoms with van der Waals surface area (Å²) in [7, 11) is 0. The molecule has 0 saturated heterocycles. The van der Waals surface area contributed by atoms with E-state index in [4.69, 9.17) is 0 Å². The van der Waals surface area contributed by atoms with Crippen molar-refractivity contribution in [1.29, 1.82) is 0 Å². The van der Waals surface area contributed by atoms with Gasteiger partial charge in [0.05, 0.1) is 0 Å². The number of H-pyrrole nitrogens is 1. The predicted molar refractivity (Wildman–Crippen MR) is 62.3 cm³/mol. The van der Waals surface area contributed by atoms with Crippen LogP contribution in [0.2, 0.25) is 0 Å². The number of aryl methyl sites for hydroxylation is 2. The van der Waals surface area contributed by atoms with Crippen LogP contribution in [-0.2, 0) is 6.42 Å². The topological polar surface area (TPSA) is 66.5 Å². The molecule has 0 spiro atoms. The van der Waals surface area contributed by atoms with Gasteiger partial charge in [0.25, 0.3) is 0 Å². The monoisotopic (exact) mass is 217 g/mol. The molecule has 0 unspecified atom stereocenters. The first-order chi connectivity index (χ1) is 7.74. The smallest absolute Gasteiger partial charge is 0.223 e. The second-order valence-corrected chi connectivity index (χ2v) is 3.69. The van der Waals surface area contributed by atoms with Crippen molar-refractivity contribution < 1.29 is 0 Å². The lowest BCUT2D eigenvalue weighted by Gasteiger charge is -2.05. The highest BCUT2D eigenvalue weighted by atomic mass is 15.1. The van der Waals surface area contributed by atoms with Crippen LogP contribution >= 0.6 is 0 Å². The first-order valence-corrected chi connectivity index (χ1v) is 5.28. The summed E-state index contributed by atoms with van der Waals surface area (Å²) >= 11 is 0. The maximum Gasteiger partial charge on any atom is 0.223 e. The van der Waals surface area contributed by atoms with Gasteiger partial charge in [0.2, 0.25) is 5.95 Å². The summed E-state index contributed by atoms with van der Waals surface area (Å²) in [6, 6.07) is 1.96. The van der Waals surface area contributed by atoms with Gasteiger partial charge in [0, 0.05) is 36.7 Å². The summed E-state index contributed by atoms with van der Waals surface area (Å²) in [5.41, 5.74) is 1.96. The summed E-state index contributed by atoms with van der Waals surface area (Å²) in [6.07, 6.45) is 4.41. The molecule has 16 heavy (non-hydrogen) atoms. The second-order valence-electron chi connectivity index (χ2n) is 3.69. The Morgan fingerprint density at radius 3 is 2.62 bits per heavy atom. The van der Waals surface area contributed by atoms with E-state index in [1.54, 1.807) is 6.20 Å². The third-order valence-corrected chi connectivity index (χ3v) is 2.18. The SMILES string of the molecule is Cc1cc(C)nc(NCCc2ncc[nH]2)n1. The lowest BCUT2D eigenvalue weighted by atomic mass is 10.3. The van der Waals surface area contributed by atoms with Crippen LogP contribution in [0.15, 0.2) is 18.5 Å². The standard InChI is InChI=1S/C11H15N5/c1-8-7-9(2)16-11(15-8)14-4-3-10-12-5-6-13-10/h5-7H,3-4H2,1-2H3,(H,12,13)(H,14,15,16). The van der Waals surface area contributed by atoms with Gasteiger partial charge in [-0.1, -0.05) is 0 Å². The number of nitrogens with one attached hydrogen (secondary N) is 2. The lowest BCUT2D eigenvalue weighted by molar-refractivity contribution is 0.906. The molecule has 0 amide bonds. The predicted octanol–water partition coefficient (Wildman–Crippen LogP) is 1.47. The number of hydrogen-bond donors (Lipinski definition) is 2. The molecule has 5 nitrogen and oxygen atoms in total. The fourth-order valence-corrected chi connectivity index (χ4v) is 1.53. The Bertz CT molecular complexity index is 429. The molecule has 0 bridgehead atoms. The second kappa shape index (κ2) is 4.74. The quantitative estimate of drug-likeness (QED) is 0.814. The number of anilines is 1. The van der Waals surface area contributed by atoms with E-state index in [1.807, 2.05) is 26.1 Å². The fourth-order valence-electron chi connectivity index (χ4n) is 1.53. The highest BCUT2D eigenvalue weighted by molar-refractivity contribution is 5.27. The van der Waals surface area contributed by atoms with E-state index in [0.29, 0.717) is 5.95 Å². The third kappa shape index (κ3) is 2.79. The van der Waals surface area contributed by atoms with Gasteiger partial charge in [0.15, 0.2) is 0 Å². The number of aromatic amines is 1. The molecule has 0 aromatic carbocycles. The van der Waals surface area contributed by atoms with Crippen molar-refractivity contribution in [3.8, 4) is 0 Å². The number of rotatable bonds is 4. The fraction of sp³-hybridized carbons (Fsp3) is 0.364. The minimum absolute atomic E-state index is 0.684. The van der Waals surface area contributed by atoms with Crippen LogP contribution in [0.5, 0.6) is 0 Å². The van der Waals surface area contributed by atoms with Crippen molar-refractivity contribution in [2.45, 2.75) is 20.3 Å². The highest BCUT2D eigenvalue weighted by Crippen LogP contribution is 2.03. The summed E-state index contributed by atoms with van der Waals surface area (Å²) in [5, 5.41) is 3.18. The maximum atomic E-state index is 4.30. The van der Waals surface area contributed by atoms with Gasteiger partial charge < -0.3 is 10.3 Å². The van der Waals surface area contributed by atoms with E-state index in [2.05, 4.69) is 25.3 Å². The summed E-state index contributed by atoms with van der Waals surface area (Å²) in [4.78, 5) is 15.8. The first kappa shape index (κ1) is 10.6. The zero-order valence-electron chi connectivity index (χ0n) is 9.49. The zero-order chi connectivity index (χ0) is 11.4. The van der Waals surface area contributed by atoms with Crippen LogP contribution in [-0.4, -0.2) is 26.5 Å². The summed E-state index contributed by atoms with van der Waals surface area (Å²) in [5.74, 6) is 1.65. The molecule has 2 rings (SSSR count). The Kier molecular flexibility index (Phi) is 3.14. The van der Waals surface area contributed by atoms with Crippen LogP contribution < -0.4 is 5.32 Å². The van der Waals surface area contributed by atoms with E-state index < -0.39 is 0 Å². The Hall–Kier alpha value is -1.91. The minimum Gasteiger partial charge on any atom is -0.354 e. The molecule has 0 radical (unpaired) electrons. The summed E-state index contributed by atoms with van der Waals surface area (Å²) in [6.45, 7) is 4.70. The van der Waals surface area contributed by atoms with E-state index >= 15 is 0 Å². The molecular formula is C11H15N5. The Balaban J connectivity index is 1.89. The van der Waals surface area contributed by atoms with Crippen LogP contribution in [0.1, 0.15) is 17.2 Å². The van der Waals surface area contributed by atoms with Crippen LogP contribution in [0.4, 0.5) is 5.95 Å². The molecular weight excluding hydrogens is 202 g/mol. The van der Waals surface area contributed by atoms with Gasteiger partial charge in [-0.15, -0.1) is 0 Å². The molecule has 2 heterocycles. The van der Waals surface area contributed by atoms with Gasteiger partial charge >= 0.3 is 0 Å². The van der Waals surface area contributed by atoms with Crippen molar-refractivity contribution in [1.82, 2.24) is 19.9 Å². The van der Waals surface area contributed by atoms with Gasteiger partial charge in [-0.3, -0.25) is 0 Å². The number of nitrogens with zero attached hydrogens (tertiary/aromatic N) is 3. The van der Waals surface area contributed by atoms with Gasteiger partial charge in [-0.25, -0.2) is 15.0 Å². The molecule has 2 aromatic heterocycles. The van der Waals surface area contributed by atoms with E-state index in [9.17, 15) is 0 Å². The Morgan fingerprint density at radius 2 is 2.00 bits per heavy atom. The Labute approximate surface area is 94.4 Å². The molecule has 0 saturated carbocycles. The molecule has 0 aliphatic heterocycles. The number of imidazole rings is 1. The number of hydrogen-bond acceptors (Lipinski definition) is 4. The average molecular weight is 217 g/mol. The van der Waals surface area contributed by atoms with Gasteiger partial charge in [0.1, 0.15) is 5.82 Å². The molecule has 2 N–H and O–H groups in total. The van der Waals surface area contributed by atoms with Crippen molar-refractivity contribution in [3.05, 3.63) is 35.7 Å². The van der Waals surface area contributed by atoms with E-state index in [0.717, 1.165) is 30.2 Å². The van der Waals surface area contributed by atoms with Gasteiger partial charge in [-0.2, -0.15) is 0 Å². The van der Waals surface area contributed by atoms with Crippen molar-refractivity contribution in [3.63, 3.8) is 0 Å². The van der Waals surface area contributed by atoms with E-state index in [1.165, 1.54) is 0 Å². The number of aromatic nitrogens is 4. The Morgan fingerprint density at radius 1 is 1.25 bits per heavy atom. The molecule has 0 fully saturated rings. The van der Waals surface area contributed by atoms with Crippen LogP contribution in [0, 0.1) is 13.8 Å². The maximum absolute atomic E-state index is 4.30.